The van der Waals surface area contributed by atoms with Gasteiger partial charge in [-0.1, -0.05) is 6.92 Å². The number of aliphatic carboxylic acids is 1. The highest BCUT2D eigenvalue weighted by molar-refractivity contribution is 5.83. The SMILES string of the molecule is CCC(C(=O)O)N(C)C(=O)N1CCN2C(=O)CCC2C1. The molecule has 2 heterocycles. The minimum absolute atomic E-state index is 0.0958. The van der Waals surface area contributed by atoms with Gasteiger partial charge in [0.15, 0.2) is 0 Å². The first-order valence-electron chi connectivity index (χ1n) is 6.99. The number of carbonyl (C=O) groups excluding carboxylic acids is 2. The molecule has 2 aliphatic heterocycles. The maximum absolute atomic E-state index is 12.4. The fraction of sp³-hybridized carbons (Fsp3) is 0.769. The zero-order valence-corrected chi connectivity index (χ0v) is 11.9. The van der Waals surface area contributed by atoms with Crippen molar-refractivity contribution in [1.29, 1.82) is 0 Å². The number of urea groups is 1. The third-order valence-corrected chi connectivity index (χ3v) is 4.21. The molecule has 112 valence electrons. The molecule has 2 atom stereocenters. The van der Waals surface area contributed by atoms with Crippen molar-refractivity contribution in [2.24, 2.45) is 0 Å². The van der Waals surface area contributed by atoms with Crippen LogP contribution in [0.2, 0.25) is 0 Å². The number of hydrogen-bond donors (Lipinski definition) is 1. The minimum atomic E-state index is -0.988. The monoisotopic (exact) mass is 283 g/mol. The topological polar surface area (TPSA) is 81.2 Å². The molecule has 0 radical (unpaired) electrons. The summed E-state index contributed by atoms with van der Waals surface area (Å²) in [4.78, 5) is 39.9. The van der Waals surface area contributed by atoms with Gasteiger partial charge in [-0.15, -0.1) is 0 Å². The number of amides is 3. The number of carbonyl (C=O) groups is 3. The van der Waals surface area contributed by atoms with Crippen LogP contribution in [0.4, 0.5) is 4.79 Å². The lowest BCUT2D eigenvalue weighted by molar-refractivity contribution is -0.142. The largest absolute Gasteiger partial charge is 0.480 e. The number of fused-ring (bicyclic) bond motifs is 1. The molecular formula is C13H21N3O4. The molecule has 0 aromatic rings. The maximum atomic E-state index is 12.4. The predicted octanol–water partition coefficient (Wildman–Crippen LogP) is 0.208. The second-order valence-electron chi connectivity index (χ2n) is 5.38. The van der Waals surface area contributed by atoms with Crippen molar-refractivity contribution in [1.82, 2.24) is 14.7 Å². The van der Waals surface area contributed by atoms with Crippen LogP contribution < -0.4 is 0 Å². The third kappa shape index (κ3) is 2.57. The number of rotatable bonds is 3. The summed E-state index contributed by atoms with van der Waals surface area (Å²) in [5.74, 6) is -0.828. The molecule has 2 saturated heterocycles. The Labute approximate surface area is 118 Å². The summed E-state index contributed by atoms with van der Waals surface area (Å²) in [6.07, 6.45) is 1.71. The molecule has 0 spiro atoms. The van der Waals surface area contributed by atoms with Gasteiger partial charge in [0.25, 0.3) is 0 Å². The lowest BCUT2D eigenvalue weighted by atomic mass is 10.1. The minimum Gasteiger partial charge on any atom is -0.480 e. The fourth-order valence-electron chi connectivity index (χ4n) is 3.01. The van der Waals surface area contributed by atoms with Crippen molar-refractivity contribution in [3.05, 3.63) is 0 Å². The van der Waals surface area contributed by atoms with E-state index >= 15 is 0 Å². The average molecular weight is 283 g/mol. The number of likely N-dealkylation sites (N-methyl/N-ethyl adjacent to an activating group) is 1. The van der Waals surface area contributed by atoms with Crippen LogP contribution in [0, 0.1) is 0 Å². The molecule has 2 rings (SSSR count). The summed E-state index contributed by atoms with van der Waals surface area (Å²) in [6, 6.07) is -0.970. The summed E-state index contributed by atoms with van der Waals surface area (Å²) in [5.41, 5.74) is 0. The van der Waals surface area contributed by atoms with E-state index in [0.29, 0.717) is 32.5 Å². The number of carboxylic acid groups (broad SMARTS) is 1. The molecule has 2 unspecified atom stereocenters. The van der Waals surface area contributed by atoms with Gasteiger partial charge >= 0.3 is 12.0 Å². The van der Waals surface area contributed by atoms with Gasteiger partial charge in [0.05, 0.1) is 0 Å². The zero-order valence-electron chi connectivity index (χ0n) is 11.9. The van der Waals surface area contributed by atoms with E-state index < -0.39 is 12.0 Å². The summed E-state index contributed by atoms with van der Waals surface area (Å²) < 4.78 is 0. The quantitative estimate of drug-likeness (QED) is 0.802. The molecule has 3 amide bonds. The van der Waals surface area contributed by atoms with E-state index in [4.69, 9.17) is 5.11 Å². The molecule has 20 heavy (non-hydrogen) atoms. The van der Waals surface area contributed by atoms with Gasteiger partial charge in [-0.3, -0.25) is 4.79 Å². The standard InChI is InChI=1S/C13H21N3O4/c1-3-10(12(18)19)14(2)13(20)15-6-7-16-9(8-15)4-5-11(16)17/h9-10H,3-8H2,1-2H3,(H,18,19). The first-order chi connectivity index (χ1) is 9.45. The van der Waals surface area contributed by atoms with E-state index in [2.05, 4.69) is 0 Å². The normalized spacial score (nSPS) is 23.5. The van der Waals surface area contributed by atoms with Crippen LogP contribution in [0.5, 0.6) is 0 Å². The van der Waals surface area contributed by atoms with E-state index in [9.17, 15) is 14.4 Å². The average Bonchev–Trinajstić information content (AvgIpc) is 2.79. The number of hydrogen-bond acceptors (Lipinski definition) is 3. The van der Waals surface area contributed by atoms with Crippen molar-refractivity contribution in [2.45, 2.75) is 38.3 Å². The van der Waals surface area contributed by atoms with Crippen LogP contribution in [-0.2, 0) is 9.59 Å². The van der Waals surface area contributed by atoms with Gasteiger partial charge in [-0.2, -0.15) is 0 Å². The van der Waals surface area contributed by atoms with Crippen LogP contribution in [0.3, 0.4) is 0 Å². The number of nitrogens with zero attached hydrogens (tertiary/aromatic N) is 3. The molecule has 2 fully saturated rings. The summed E-state index contributed by atoms with van der Waals surface area (Å²) in [5, 5.41) is 9.11. The van der Waals surface area contributed by atoms with Crippen molar-refractivity contribution < 1.29 is 19.5 Å². The van der Waals surface area contributed by atoms with Gasteiger partial charge < -0.3 is 19.8 Å². The molecule has 0 bridgehead atoms. The zero-order chi connectivity index (χ0) is 14.9. The third-order valence-electron chi connectivity index (χ3n) is 4.21. The van der Waals surface area contributed by atoms with Gasteiger partial charge in [0.1, 0.15) is 6.04 Å². The highest BCUT2D eigenvalue weighted by Gasteiger charge is 2.38. The molecular weight excluding hydrogens is 262 g/mol. The smallest absolute Gasteiger partial charge is 0.326 e. The second kappa shape index (κ2) is 5.68. The van der Waals surface area contributed by atoms with Gasteiger partial charge in [0.2, 0.25) is 5.91 Å². The van der Waals surface area contributed by atoms with E-state index in [1.807, 2.05) is 4.90 Å². The van der Waals surface area contributed by atoms with Gasteiger partial charge in [-0.25, -0.2) is 9.59 Å². The molecule has 1 N–H and O–H groups in total. The van der Waals surface area contributed by atoms with Gasteiger partial charge in [0, 0.05) is 39.1 Å². The number of carboxylic acids is 1. The lowest BCUT2D eigenvalue weighted by Gasteiger charge is -2.40. The predicted molar refractivity (Wildman–Crippen MR) is 71.2 cm³/mol. The summed E-state index contributed by atoms with van der Waals surface area (Å²) in [6.45, 7) is 3.27. The molecule has 2 aliphatic rings. The highest BCUT2D eigenvalue weighted by Crippen LogP contribution is 2.23. The lowest BCUT2D eigenvalue weighted by Crippen LogP contribution is -2.57. The van der Waals surface area contributed by atoms with E-state index in [-0.39, 0.29) is 18.0 Å². The van der Waals surface area contributed by atoms with E-state index in [1.54, 1.807) is 11.8 Å². The summed E-state index contributed by atoms with van der Waals surface area (Å²) in [7, 11) is 1.52. The van der Waals surface area contributed by atoms with Crippen molar-refractivity contribution in [3.63, 3.8) is 0 Å². The number of piperazine rings is 1. The Kier molecular flexibility index (Phi) is 4.15. The molecule has 0 aliphatic carbocycles. The molecule has 7 heteroatoms. The van der Waals surface area contributed by atoms with Crippen molar-refractivity contribution >= 4 is 17.9 Å². The maximum Gasteiger partial charge on any atom is 0.326 e. The summed E-state index contributed by atoms with van der Waals surface area (Å²) >= 11 is 0. The Morgan fingerprint density at radius 1 is 1.45 bits per heavy atom. The van der Waals surface area contributed by atoms with Crippen LogP contribution in [0.25, 0.3) is 0 Å². The Hall–Kier alpha value is -1.79. The van der Waals surface area contributed by atoms with Crippen LogP contribution in [0.15, 0.2) is 0 Å². The highest BCUT2D eigenvalue weighted by atomic mass is 16.4. The first-order valence-corrected chi connectivity index (χ1v) is 6.99. The van der Waals surface area contributed by atoms with Crippen molar-refractivity contribution in [2.75, 3.05) is 26.7 Å². The molecule has 0 aromatic heterocycles. The van der Waals surface area contributed by atoms with E-state index in [0.717, 1.165) is 6.42 Å². The Balaban J connectivity index is 2.00. The van der Waals surface area contributed by atoms with Crippen molar-refractivity contribution in [3.8, 4) is 0 Å². The molecule has 0 saturated carbocycles. The molecule has 7 nitrogen and oxygen atoms in total. The molecule has 0 aromatic carbocycles. The Morgan fingerprint density at radius 2 is 2.15 bits per heavy atom. The Bertz CT molecular complexity index is 426. The Morgan fingerprint density at radius 3 is 2.75 bits per heavy atom. The van der Waals surface area contributed by atoms with Gasteiger partial charge in [-0.05, 0) is 12.8 Å². The fourth-order valence-corrected chi connectivity index (χ4v) is 3.01. The van der Waals surface area contributed by atoms with Crippen LogP contribution >= 0.6 is 0 Å². The second-order valence-corrected chi connectivity index (χ2v) is 5.38. The first kappa shape index (κ1) is 14.6. The van der Waals surface area contributed by atoms with Crippen LogP contribution in [-0.4, -0.2) is 76.5 Å². The van der Waals surface area contributed by atoms with E-state index in [1.165, 1.54) is 11.9 Å². The van der Waals surface area contributed by atoms with Crippen LogP contribution in [0.1, 0.15) is 26.2 Å².